The molecule has 0 amide bonds. The summed E-state index contributed by atoms with van der Waals surface area (Å²) >= 11 is 0. The Hall–Kier alpha value is -1.38. The van der Waals surface area contributed by atoms with E-state index in [0.29, 0.717) is 30.8 Å². The molecule has 1 aromatic rings. The molecule has 1 aromatic heterocycles. The molecule has 19 heavy (non-hydrogen) atoms. The summed E-state index contributed by atoms with van der Waals surface area (Å²) in [7, 11) is -1.88. The van der Waals surface area contributed by atoms with Gasteiger partial charge < -0.3 is 15.4 Å². The number of nitrogen functional groups attached to an aromatic ring is 1. The van der Waals surface area contributed by atoms with Crippen LogP contribution in [-0.2, 0) is 14.8 Å². The lowest BCUT2D eigenvalue weighted by atomic mass is 10.1. The third kappa shape index (κ3) is 3.14. The zero-order valence-electron chi connectivity index (χ0n) is 10.7. The SMILES string of the molecule is CN(c1ncc(S(N)(=O)=O)cc1N)C1CCOCC1. The number of primary sulfonamides is 1. The van der Waals surface area contributed by atoms with Gasteiger partial charge >= 0.3 is 0 Å². The standard InChI is InChI=1S/C11H18N4O3S/c1-15(8-2-4-18-5-3-8)11-10(12)6-9(7-14-11)19(13,16)17/h6-8H,2-5,12H2,1H3,(H2,13,16,17). The summed E-state index contributed by atoms with van der Waals surface area (Å²) in [6.45, 7) is 1.42. The van der Waals surface area contributed by atoms with E-state index in [0.717, 1.165) is 12.8 Å². The van der Waals surface area contributed by atoms with Crippen LogP contribution in [0, 0.1) is 0 Å². The lowest BCUT2D eigenvalue weighted by molar-refractivity contribution is 0.0854. The molecule has 0 saturated carbocycles. The number of hydrogen-bond donors (Lipinski definition) is 2. The molecule has 2 heterocycles. The zero-order chi connectivity index (χ0) is 14.0. The Balaban J connectivity index is 2.25. The first kappa shape index (κ1) is 14.0. The van der Waals surface area contributed by atoms with Crippen molar-refractivity contribution in [1.29, 1.82) is 0 Å². The molecule has 0 atom stereocenters. The van der Waals surface area contributed by atoms with Crippen molar-refractivity contribution in [2.75, 3.05) is 30.9 Å². The Morgan fingerprint density at radius 3 is 2.58 bits per heavy atom. The molecule has 0 bridgehead atoms. The van der Waals surface area contributed by atoms with Gasteiger partial charge in [-0.2, -0.15) is 0 Å². The number of hydrogen-bond acceptors (Lipinski definition) is 6. The van der Waals surface area contributed by atoms with Crippen molar-refractivity contribution >= 4 is 21.5 Å². The third-order valence-corrected chi connectivity index (χ3v) is 4.15. The number of nitrogens with two attached hydrogens (primary N) is 2. The number of anilines is 2. The van der Waals surface area contributed by atoms with Crippen molar-refractivity contribution in [2.45, 2.75) is 23.8 Å². The van der Waals surface area contributed by atoms with E-state index in [4.69, 9.17) is 15.6 Å². The van der Waals surface area contributed by atoms with Crippen LogP contribution in [0.5, 0.6) is 0 Å². The van der Waals surface area contributed by atoms with Crippen LogP contribution in [0.4, 0.5) is 11.5 Å². The van der Waals surface area contributed by atoms with E-state index < -0.39 is 10.0 Å². The van der Waals surface area contributed by atoms with Crippen LogP contribution in [0.3, 0.4) is 0 Å². The minimum absolute atomic E-state index is 0.0749. The van der Waals surface area contributed by atoms with E-state index in [2.05, 4.69) is 4.98 Å². The molecule has 0 aliphatic carbocycles. The van der Waals surface area contributed by atoms with Crippen molar-refractivity contribution in [3.63, 3.8) is 0 Å². The van der Waals surface area contributed by atoms with E-state index in [1.54, 1.807) is 0 Å². The van der Waals surface area contributed by atoms with Gasteiger partial charge in [-0.1, -0.05) is 0 Å². The van der Waals surface area contributed by atoms with Gasteiger partial charge in [-0.15, -0.1) is 0 Å². The van der Waals surface area contributed by atoms with E-state index >= 15 is 0 Å². The number of ether oxygens (including phenoxy) is 1. The van der Waals surface area contributed by atoms with Crippen molar-refractivity contribution in [3.05, 3.63) is 12.3 Å². The van der Waals surface area contributed by atoms with Gasteiger partial charge in [0.25, 0.3) is 0 Å². The van der Waals surface area contributed by atoms with Crippen LogP contribution >= 0.6 is 0 Å². The molecule has 4 N–H and O–H groups in total. The van der Waals surface area contributed by atoms with Crippen LogP contribution in [0.25, 0.3) is 0 Å². The van der Waals surface area contributed by atoms with Gasteiger partial charge in [0.2, 0.25) is 10.0 Å². The highest BCUT2D eigenvalue weighted by atomic mass is 32.2. The lowest BCUT2D eigenvalue weighted by Crippen LogP contribution is -2.37. The molecule has 8 heteroatoms. The number of rotatable bonds is 3. The molecule has 106 valence electrons. The minimum Gasteiger partial charge on any atom is -0.396 e. The Kier molecular flexibility index (Phi) is 3.93. The maximum Gasteiger partial charge on any atom is 0.239 e. The van der Waals surface area contributed by atoms with Gasteiger partial charge in [0.05, 0.1) is 5.69 Å². The second-order valence-corrected chi connectivity index (χ2v) is 6.14. The van der Waals surface area contributed by atoms with Crippen LogP contribution in [0.1, 0.15) is 12.8 Å². The minimum atomic E-state index is -3.77. The number of sulfonamides is 1. The molecule has 2 rings (SSSR count). The molecule has 0 spiro atoms. The third-order valence-electron chi connectivity index (χ3n) is 3.27. The first-order valence-electron chi connectivity index (χ1n) is 5.98. The van der Waals surface area contributed by atoms with Gasteiger partial charge in [-0.3, -0.25) is 0 Å². The van der Waals surface area contributed by atoms with Crippen LogP contribution in [0.15, 0.2) is 17.2 Å². The van der Waals surface area contributed by atoms with Crippen molar-refractivity contribution in [3.8, 4) is 0 Å². The molecule has 1 saturated heterocycles. The molecule has 7 nitrogen and oxygen atoms in total. The number of pyridine rings is 1. The highest BCUT2D eigenvalue weighted by molar-refractivity contribution is 7.89. The van der Waals surface area contributed by atoms with E-state index in [9.17, 15) is 8.42 Å². The second-order valence-electron chi connectivity index (χ2n) is 4.58. The summed E-state index contributed by atoms with van der Waals surface area (Å²) in [6.07, 6.45) is 3.03. The summed E-state index contributed by atoms with van der Waals surface area (Å²) in [6, 6.07) is 1.64. The first-order valence-corrected chi connectivity index (χ1v) is 7.53. The summed E-state index contributed by atoms with van der Waals surface area (Å²) in [5, 5.41) is 5.04. The zero-order valence-corrected chi connectivity index (χ0v) is 11.6. The Bertz CT molecular complexity index is 555. The lowest BCUT2D eigenvalue weighted by Gasteiger charge is -2.32. The van der Waals surface area contributed by atoms with Crippen LogP contribution in [-0.4, -0.2) is 39.7 Å². The van der Waals surface area contributed by atoms with Gasteiger partial charge in [0.1, 0.15) is 4.90 Å². The summed E-state index contributed by atoms with van der Waals surface area (Å²) < 4.78 is 27.7. The molecule has 1 fully saturated rings. The van der Waals surface area contributed by atoms with Gasteiger partial charge in [0, 0.05) is 32.5 Å². The Labute approximate surface area is 112 Å². The fraction of sp³-hybridized carbons (Fsp3) is 0.545. The fourth-order valence-corrected chi connectivity index (χ4v) is 2.64. The predicted octanol–water partition coefficient (Wildman–Crippen LogP) is -0.0736. The molecular formula is C11H18N4O3S. The number of aromatic nitrogens is 1. The molecule has 0 radical (unpaired) electrons. The highest BCUT2D eigenvalue weighted by Gasteiger charge is 2.22. The monoisotopic (exact) mass is 286 g/mol. The summed E-state index contributed by atoms with van der Waals surface area (Å²) in [4.78, 5) is 6.01. The molecule has 1 aliphatic heterocycles. The maximum atomic E-state index is 11.2. The Morgan fingerprint density at radius 2 is 2.05 bits per heavy atom. The largest absolute Gasteiger partial charge is 0.396 e. The highest BCUT2D eigenvalue weighted by Crippen LogP contribution is 2.26. The maximum absolute atomic E-state index is 11.2. The second kappa shape index (κ2) is 5.32. The number of nitrogens with zero attached hydrogens (tertiary/aromatic N) is 2. The smallest absolute Gasteiger partial charge is 0.239 e. The molecule has 1 aliphatic rings. The average Bonchev–Trinajstić information content (AvgIpc) is 2.38. The van der Waals surface area contributed by atoms with Crippen LogP contribution in [0.2, 0.25) is 0 Å². The summed E-state index contributed by atoms with van der Waals surface area (Å²) in [5.41, 5.74) is 6.18. The van der Waals surface area contributed by atoms with Gasteiger partial charge in [-0.25, -0.2) is 18.5 Å². The van der Waals surface area contributed by atoms with Crippen molar-refractivity contribution < 1.29 is 13.2 Å². The van der Waals surface area contributed by atoms with Gasteiger partial charge in [0.15, 0.2) is 5.82 Å². The van der Waals surface area contributed by atoms with Crippen LogP contribution < -0.4 is 15.8 Å². The molecule has 0 aromatic carbocycles. The van der Waals surface area contributed by atoms with Gasteiger partial charge in [-0.05, 0) is 18.9 Å². The van der Waals surface area contributed by atoms with E-state index in [-0.39, 0.29) is 4.90 Å². The first-order chi connectivity index (χ1) is 8.89. The molecular weight excluding hydrogens is 268 g/mol. The Morgan fingerprint density at radius 1 is 1.42 bits per heavy atom. The normalized spacial score (nSPS) is 17.4. The summed E-state index contributed by atoms with van der Waals surface area (Å²) in [5.74, 6) is 0.569. The predicted molar refractivity (Wildman–Crippen MR) is 72.3 cm³/mol. The van der Waals surface area contributed by atoms with E-state index in [1.165, 1.54) is 12.3 Å². The van der Waals surface area contributed by atoms with Crippen molar-refractivity contribution in [2.24, 2.45) is 5.14 Å². The topological polar surface area (TPSA) is 112 Å². The van der Waals surface area contributed by atoms with E-state index in [1.807, 2.05) is 11.9 Å². The quantitative estimate of drug-likeness (QED) is 0.804. The fourth-order valence-electron chi connectivity index (χ4n) is 2.15. The van der Waals surface area contributed by atoms with Crippen molar-refractivity contribution in [1.82, 2.24) is 4.98 Å². The average molecular weight is 286 g/mol. The molecule has 0 unspecified atom stereocenters.